The Balaban J connectivity index is 1.70. The van der Waals surface area contributed by atoms with Crippen molar-refractivity contribution in [3.63, 3.8) is 0 Å². The van der Waals surface area contributed by atoms with E-state index < -0.39 is 0 Å². The lowest BCUT2D eigenvalue weighted by atomic mass is 9.96. The van der Waals surface area contributed by atoms with Gasteiger partial charge in [-0.3, -0.25) is 0 Å². The van der Waals surface area contributed by atoms with E-state index in [2.05, 4.69) is 49.8 Å². The average molecular weight is 325 g/mol. The van der Waals surface area contributed by atoms with Crippen LogP contribution in [0.2, 0.25) is 0 Å². The number of hydrogen-bond donors (Lipinski definition) is 2. The highest BCUT2D eigenvalue weighted by molar-refractivity contribution is 5.61. The van der Waals surface area contributed by atoms with E-state index in [-0.39, 0.29) is 0 Å². The molecule has 0 bridgehead atoms. The zero-order valence-electron chi connectivity index (χ0n) is 14.8. The van der Waals surface area contributed by atoms with Crippen LogP contribution in [0.25, 0.3) is 0 Å². The summed E-state index contributed by atoms with van der Waals surface area (Å²) >= 11 is 0. The summed E-state index contributed by atoms with van der Waals surface area (Å²) in [4.78, 5) is 11.3. The summed E-state index contributed by atoms with van der Waals surface area (Å²) in [6.45, 7) is 2.01. The fourth-order valence-corrected chi connectivity index (χ4v) is 3.12. The van der Waals surface area contributed by atoms with Crippen molar-refractivity contribution in [2.24, 2.45) is 0 Å². The Morgan fingerprint density at radius 2 is 1.71 bits per heavy atom. The van der Waals surface area contributed by atoms with Gasteiger partial charge in [-0.1, -0.05) is 19.3 Å². The first-order valence-electron chi connectivity index (χ1n) is 8.77. The summed E-state index contributed by atoms with van der Waals surface area (Å²) in [5, 5.41) is 6.88. The van der Waals surface area contributed by atoms with Crippen LogP contribution in [0.15, 0.2) is 30.3 Å². The van der Waals surface area contributed by atoms with Crippen molar-refractivity contribution in [2.45, 2.75) is 45.1 Å². The molecule has 0 unspecified atom stereocenters. The molecule has 0 spiro atoms. The number of aromatic nitrogens is 2. The zero-order valence-corrected chi connectivity index (χ0v) is 14.8. The van der Waals surface area contributed by atoms with Crippen molar-refractivity contribution in [3.8, 4) is 0 Å². The summed E-state index contributed by atoms with van der Waals surface area (Å²) in [5.41, 5.74) is 3.18. The van der Waals surface area contributed by atoms with E-state index in [0.29, 0.717) is 6.04 Å². The normalized spacial score (nSPS) is 15.1. The lowest BCUT2D eigenvalue weighted by molar-refractivity contribution is 0.461. The molecular formula is C19H27N5. The van der Waals surface area contributed by atoms with Crippen molar-refractivity contribution in [1.29, 1.82) is 0 Å². The molecule has 5 nitrogen and oxygen atoms in total. The summed E-state index contributed by atoms with van der Waals surface area (Å²) in [5.74, 6) is 1.56. The number of nitrogens with zero attached hydrogens (tertiary/aromatic N) is 3. The minimum absolute atomic E-state index is 0.507. The minimum Gasteiger partial charge on any atom is -0.378 e. The van der Waals surface area contributed by atoms with E-state index in [1.807, 2.05) is 27.1 Å². The topological polar surface area (TPSA) is 53.1 Å². The molecule has 5 heteroatoms. The van der Waals surface area contributed by atoms with Crippen molar-refractivity contribution in [1.82, 2.24) is 9.97 Å². The second kappa shape index (κ2) is 7.51. The zero-order chi connectivity index (χ0) is 16.9. The number of nitrogens with one attached hydrogen (secondary N) is 2. The predicted molar refractivity (Wildman–Crippen MR) is 101 cm³/mol. The molecule has 2 N–H and O–H groups in total. The summed E-state index contributed by atoms with van der Waals surface area (Å²) in [6.07, 6.45) is 6.38. The maximum Gasteiger partial charge on any atom is 0.225 e. The van der Waals surface area contributed by atoms with Gasteiger partial charge in [-0.05, 0) is 44.0 Å². The number of hydrogen-bond acceptors (Lipinski definition) is 5. The van der Waals surface area contributed by atoms with Crippen molar-refractivity contribution < 1.29 is 0 Å². The molecular weight excluding hydrogens is 298 g/mol. The van der Waals surface area contributed by atoms with Gasteiger partial charge in [0, 0.05) is 43.3 Å². The van der Waals surface area contributed by atoms with Crippen LogP contribution in [-0.2, 0) is 0 Å². The Hall–Kier alpha value is -2.30. The van der Waals surface area contributed by atoms with Gasteiger partial charge < -0.3 is 15.5 Å². The lowest BCUT2D eigenvalue weighted by Gasteiger charge is -2.23. The van der Waals surface area contributed by atoms with Crippen LogP contribution in [0.3, 0.4) is 0 Å². The molecule has 24 heavy (non-hydrogen) atoms. The molecule has 128 valence electrons. The van der Waals surface area contributed by atoms with Gasteiger partial charge in [-0.2, -0.15) is 4.98 Å². The van der Waals surface area contributed by atoms with Crippen molar-refractivity contribution in [3.05, 3.63) is 36.0 Å². The van der Waals surface area contributed by atoms with E-state index in [1.54, 1.807) is 0 Å². The largest absolute Gasteiger partial charge is 0.378 e. The molecule has 1 aromatic heterocycles. The molecule has 1 saturated carbocycles. The van der Waals surface area contributed by atoms with Gasteiger partial charge in [0.05, 0.1) is 0 Å². The summed E-state index contributed by atoms with van der Waals surface area (Å²) in [7, 11) is 4.08. The van der Waals surface area contributed by atoms with Crippen molar-refractivity contribution >= 4 is 23.1 Å². The number of aryl methyl sites for hydroxylation is 1. The number of benzene rings is 1. The van der Waals surface area contributed by atoms with Crippen LogP contribution >= 0.6 is 0 Å². The molecule has 0 amide bonds. The Morgan fingerprint density at radius 3 is 2.38 bits per heavy atom. The lowest BCUT2D eigenvalue weighted by Crippen LogP contribution is -2.23. The van der Waals surface area contributed by atoms with Gasteiger partial charge in [0.15, 0.2) is 0 Å². The predicted octanol–water partition coefficient (Wildman–Crippen LogP) is 4.34. The van der Waals surface area contributed by atoms with Crippen LogP contribution in [-0.4, -0.2) is 30.1 Å². The SMILES string of the molecule is Cc1cc(Nc2ccc(N(C)C)cc2)nc(NC2CCCCC2)n1. The highest BCUT2D eigenvalue weighted by atomic mass is 15.2. The van der Waals surface area contributed by atoms with Gasteiger partial charge in [0.25, 0.3) is 0 Å². The summed E-state index contributed by atoms with van der Waals surface area (Å²) in [6, 6.07) is 10.8. The maximum atomic E-state index is 4.64. The molecule has 0 saturated heterocycles. The van der Waals surface area contributed by atoms with Gasteiger partial charge in [0.1, 0.15) is 5.82 Å². The summed E-state index contributed by atoms with van der Waals surface area (Å²) < 4.78 is 0. The molecule has 2 aromatic rings. The molecule has 0 aliphatic heterocycles. The average Bonchev–Trinajstić information content (AvgIpc) is 2.55. The first-order chi connectivity index (χ1) is 11.6. The third kappa shape index (κ3) is 4.37. The smallest absolute Gasteiger partial charge is 0.225 e. The van der Waals surface area contributed by atoms with Gasteiger partial charge >= 0.3 is 0 Å². The first-order valence-corrected chi connectivity index (χ1v) is 8.77. The van der Waals surface area contributed by atoms with Crippen LogP contribution in [0.5, 0.6) is 0 Å². The second-order valence-corrected chi connectivity index (χ2v) is 6.76. The van der Waals surface area contributed by atoms with Gasteiger partial charge in [0.2, 0.25) is 5.95 Å². The molecule has 1 aromatic carbocycles. The highest BCUT2D eigenvalue weighted by Gasteiger charge is 2.14. The number of anilines is 4. The molecule has 3 rings (SSSR count). The standard InChI is InChI=1S/C19H27N5/c1-14-13-18(21-16-9-11-17(12-10-16)24(2)3)23-19(20-14)22-15-7-5-4-6-8-15/h9-13,15H,4-8H2,1-3H3,(H2,20,21,22,23). The molecule has 1 heterocycles. The molecule has 1 fully saturated rings. The fraction of sp³-hybridized carbons (Fsp3) is 0.474. The first kappa shape index (κ1) is 16.6. The fourth-order valence-electron chi connectivity index (χ4n) is 3.12. The monoisotopic (exact) mass is 325 g/mol. The van der Waals surface area contributed by atoms with Crippen LogP contribution in [0, 0.1) is 6.92 Å². The Kier molecular flexibility index (Phi) is 5.18. The Labute approximate surface area is 144 Å². The van der Waals surface area contributed by atoms with Gasteiger partial charge in [-0.25, -0.2) is 4.98 Å². The molecule has 1 aliphatic carbocycles. The number of rotatable bonds is 5. The molecule has 0 atom stereocenters. The van der Waals surface area contributed by atoms with E-state index in [0.717, 1.165) is 23.1 Å². The van der Waals surface area contributed by atoms with Crippen LogP contribution < -0.4 is 15.5 Å². The highest BCUT2D eigenvalue weighted by Crippen LogP contribution is 2.23. The van der Waals surface area contributed by atoms with E-state index in [4.69, 9.17) is 0 Å². The van der Waals surface area contributed by atoms with Crippen LogP contribution in [0.4, 0.5) is 23.1 Å². The molecule has 0 radical (unpaired) electrons. The van der Waals surface area contributed by atoms with E-state index >= 15 is 0 Å². The third-order valence-corrected chi connectivity index (χ3v) is 4.45. The van der Waals surface area contributed by atoms with Crippen LogP contribution in [0.1, 0.15) is 37.8 Å². The second-order valence-electron chi connectivity index (χ2n) is 6.76. The van der Waals surface area contributed by atoms with Gasteiger partial charge in [-0.15, -0.1) is 0 Å². The van der Waals surface area contributed by atoms with E-state index in [9.17, 15) is 0 Å². The molecule has 1 aliphatic rings. The minimum atomic E-state index is 0.507. The maximum absolute atomic E-state index is 4.64. The van der Waals surface area contributed by atoms with Crippen molar-refractivity contribution in [2.75, 3.05) is 29.6 Å². The Bertz CT molecular complexity index is 660. The Morgan fingerprint density at radius 1 is 1.00 bits per heavy atom. The quantitative estimate of drug-likeness (QED) is 0.856. The third-order valence-electron chi connectivity index (χ3n) is 4.45. The van der Waals surface area contributed by atoms with E-state index in [1.165, 1.54) is 37.8 Å².